The zero-order valence-electron chi connectivity index (χ0n) is 7.92. The van der Waals surface area contributed by atoms with E-state index in [-0.39, 0.29) is 12.1 Å². The van der Waals surface area contributed by atoms with Gasteiger partial charge in [-0.05, 0) is 6.42 Å². The topological polar surface area (TPSA) is 56.1 Å². The van der Waals surface area contributed by atoms with E-state index < -0.39 is 0 Å². The van der Waals surface area contributed by atoms with Gasteiger partial charge in [-0.3, -0.25) is 0 Å². The average molecular weight is 181 g/mol. The Hall–Kier alpha value is -1.24. The molecule has 1 unspecified atom stereocenters. The molecule has 1 rings (SSSR count). The van der Waals surface area contributed by atoms with Crippen LogP contribution in [0.5, 0.6) is 0 Å². The van der Waals surface area contributed by atoms with Gasteiger partial charge in [0.05, 0.1) is 12.5 Å². The van der Waals surface area contributed by atoms with Crippen LogP contribution in [0.2, 0.25) is 0 Å². The van der Waals surface area contributed by atoms with E-state index in [1.807, 2.05) is 6.07 Å². The van der Waals surface area contributed by atoms with Gasteiger partial charge in [0.2, 0.25) is 0 Å². The van der Waals surface area contributed by atoms with Crippen molar-refractivity contribution in [1.29, 1.82) is 5.26 Å². The molecular weight excluding hydrogens is 166 g/mol. The standard InChI is InChI=1S/C9H15N3O/c1-2-4-8-7-12(6-3-5-10)9(13)11-8/h8H,2-4,6-7H2,1H3,(H,11,13). The molecule has 0 bridgehead atoms. The second-order valence-corrected chi connectivity index (χ2v) is 3.29. The summed E-state index contributed by atoms with van der Waals surface area (Å²) in [6, 6.07) is 2.31. The number of hydrogen-bond donors (Lipinski definition) is 1. The Morgan fingerprint density at radius 2 is 2.54 bits per heavy atom. The van der Waals surface area contributed by atoms with Crippen LogP contribution in [-0.4, -0.2) is 30.1 Å². The number of nitrogens with one attached hydrogen (secondary N) is 1. The first-order chi connectivity index (χ1) is 6.27. The van der Waals surface area contributed by atoms with Crippen LogP contribution in [0.25, 0.3) is 0 Å². The molecule has 0 aromatic heterocycles. The summed E-state index contributed by atoms with van der Waals surface area (Å²) < 4.78 is 0. The normalized spacial score (nSPS) is 21.4. The Morgan fingerprint density at radius 1 is 1.77 bits per heavy atom. The summed E-state index contributed by atoms with van der Waals surface area (Å²) in [5.41, 5.74) is 0. The van der Waals surface area contributed by atoms with Crippen LogP contribution in [0.1, 0.15) is 26.2 Å². The quantitative estimate of drug-likeness (QED) is 0.706. The third-order valence-corrected chi connectivity index (χ3v) is 2.19. The van der Waals surface area contributed by atoms with Crippen LogP contribution in [0, 0.1) is 11.3 Å². The minimum absolute atomic E-state index is 0.0197. The van der Waals surface area contributed by atoms with Gasteiger partial charge >= 0.3 is 6.03 Å². The third kappa shape index (κ3) is 2.62. The maximum Gasteiger partial charge on any atom is 0.317 e. The molecule has 0 saturated carbocycles. The number of urea groups is 1. The number of hydrogen-bond acceptors (Lipinski definition) is 2. The van der Waals surface area contributed by atoms with Crippen molar-refractivity contribution in [2.45, 2.75) is 32.2 Å². The van der Waals surface area contributed by atoms with Gasteiger partial charge in [-0.1, -0.05) is 13.3 Å². The number of amides is 2. The van der Waals surface area contributed by atoms with E-state index in [0.717, 1.165) is 19.4 Å². The minimum Gasteiger partial charge on any atom is -0.333 e. The Labute approximate surface area is 78.5 Å². The second-order valence-electron chi connectivity index (χ2n) is 3.29. The van der Waals surface area contributed by atoms with E-state index in [4.69, 9.17) is 5.26 Å². The lowest BCUT2D eigenvalue weighted by atomic mass is 10.2. The maximum absolute atomic E-state index is 11.3. The molecule has 1 aliphatic rings. The van der Waals surface area contributed by atoms with Crippen molar-refractivity contribution in [3.05, 3.63) is 0 Å². The van der Waals surface area contributed by atoms with Crippen molar-refractivity contribution in [1.82, 2.24) is 10.2 Å². The fourth-order valence-electron chi connectivity index (χ4n) is 1.55. The van der Waals surface area contributed by atoms with E-state index in [1.165, 1.54) is 0 Å². The fraction of sp³-hybridized carbons (Fsp3) is 0.778. The Kier molecular flexibility index (Phi) is 3.56. The molecule has 1 N–H and O–H groups in total. The van der Waals surface area contributed by atoms with Gasteiger partial charge < -0.3 is 10.2 Å². The van der Waals surface area contributed by atoms with Crippen molar-refractivity contribution in [2.24, 2.45) is 0 Å². The molecule has 1 heterocycles. The van der Waals surface area contributed by atoms with Gasteiger partial charge in [-0.2, -0.15) is 5.26 Å². The van der Waals surface area contributed by atoms with Gasteiger partial charge in [0.1, 0.15) is 0 Å². The summed E-state index contributed by atoms with van der Waals surface area (Å²) in [5.74, 6) is 0. The molecule has 13 heavy (non-hydrogen) atoms. The molecule has 0 aromatic rings. The highest BCUT2D eigenvalue weighted by molar-refractivity contribution is 5.76. The molecule has 1 fully saturated rings. The van der Waals surface area contributed by atoms with E-state index in [0.29, 0.717) is 13.0 Å². The van der Waals surface area contributed by atoms with E-state index in [9.17, 15) is 4.79 Å². The fourth-order valence-corrected chi connectivity index (χ4v) is 1.55. The Bertz CT molecular complexity index is 221. The first-order valence-corrected chi connectivity index (χ1v) is 4.70. The van der Waals surface area contributed by atoms with Crippen molar-refractivity contribution in [2.75, 3.05) is 13.1 Å². The summed E-state index contributed by atoms with van der Waals surface area (Å²) in [4.78, 5) is 13.0. The largest absolute Gasteiger partial charge is 0.333 e. The zero-order chi connectivity index (χ0) is 9.68. The summed E-state index contributed by atoms with van der Waals surface area (Å²) in [7, 11) is 0. The highest BCUT2D eigenvalue weighted by atomic mass is 16.2. The predicted octanol–water partition coefficient (Wildman–Crippen LogP) is 1.09. The summed E-state index contributed by atoms with van der Waals surface area (Å²) in [5, 5.41) is 11.3. The predicted molar refractivity (Wildman–Crippen MR) is 49.0 cm³/mol. The molecular formula is C9H15N3O. The number of nitrogens with zero attached hydrogens (tertiary/aromatic N) is 2. The summed E-state index contributed by atoms with van der Waals surface area (Å²) >= 11 is 0. The van der Waals surface area contributed by atoms with E-state index in [1.54, 1.807) is 4.90 Å². The molecule has 4 nitrogen and oxygen atoms in total. The monoisotopic (exact) mass is 181 g/mol. The van der Waals surface area contributed by atoms with Crippen LogP contribution >= 0.6 is 0 Å². The van der Waals surface area contributed by atoms with Gasteiger partial charge in [0.25, 0.3) is 0 Å². The molecule has 1 saturated heterocycles. The molecule has 72 valence electrons. The van der Waals surface area contributed by atoms with Gasteiger partial charge in [-0.25, -0.2) is 4.79 Å². The van der Waals surface area contributed by atoms with E-state index in [2.05, 4.69) is 12.2 Å². The van der Waals surface area contributed by atoms with Crippen molar-refractivity contribution < 1.29 is 4.79 Å². The molecule has 0 radical (unpaired) electrons. The van der Waals surface area contributed by atoms with Gasteiger partial charge in [-0.15, -0.1) is 0 Å². The Morgan fingerprint density at radius 3 is 3.15 bits per heavy atom. The Balaban J connectivity index is 2.34. The smallest absolute Gasteiger partial charge is 0.317 e. The number of carbonyl (C=O) groups is 1. The van der Waals surface area contributed by atoms with Gasteiger partial charge in [0.15, 0.2) is 0 Å². The van der Waals surface area contributed by atoms with Crippen LogP contribution < -0.4 is 5.32 Å². The molecule has 2 amide bonds. The molecule has 0 aliphatic carbocycles. The van der Waals surface area contributed by atoms with E-state index >= 15 is 0 Å². The number of nitriles is 1. The lowest BCUT2D eigenvalue weighted by Gasteiger charge is -2.11. The first kappa shape index (κ1) is 9.85. The SMILES string of the molecule is CCCC1CN(CCC#N)C(=O)N1. The molecule has 0 spiro atoms. The van der Waals surface area contributed by atoms with Crippen LogP contribution in [0.4, 0.5) is 4.79 Å². The molecule has 0 aromatic carbocycles. The van der Waals surface area contributed by atoms with Crippen molar-refractivity contribution in [3.8, 4) is 6.07 Å². The lowest BCUT2D eigenvalue weighted by molar-refractivity contribution is 0.218. The number of carbonyl (C=O) groups excluding carboxylic acids is 1. The highest BCUT2D eigenvalue weighted by Crippen LogP contribution is 2.08. The van der Waals surface area contributed by atoms with Crippen molar-refractivity contribution >= 4 is 6.03 Å². The molecule has 1 atom stereocenters. The minimum atomic E-state index is -0.0197. The summed E-state index contributed by atoms with van der Waals surface area (Å²) in [6.45, 7) is 3.42. The number of rotatable bonds is 4. The first-order valence-electron chi connectivity index (χ1n) is 4.70. The van der Waals surface area contributed by atoms with Crippen LogP contribution in [0.3, 0.4) is 0 Å². The maximum atomic E-state index is 11.3. The highest BCUT2D eigenvalue weighted by Gasteiger charge is 2.26. The summed E-state index contributed by atoms with van der Waals surface area (Å²) in [6.07, 6.45) is 2.53. The van der Waals surface area contributed by atoms with Crippen LogP contribution in [-0.2, 0) is 0 Å². The van der Waals surface area contributed by atoms with Crippen molar-refractivity contribution in [3.63, 3.8) is 0 Å². The molecule has 1 aliphatic heterocycles. The molecule has 4 heteroatoms. The second kappa shape index (κ2) is 4.70. The average Bonchev–Trinajstić information content (AvgIpc) is 2.44. The van der Waals surface area contributed by atoms with Crippen LogP contribution in [0.15, 0.2) is 0 Å². The lowest BCUT2D eigenvalue weighted by Crippen LogP contribution is -2.29. The zero-order valence-corrected chi connectivity index (χ0v) is 7.92. The third-order valence-electron chi connectivity index (χ3n) is 2.19. The van der Waals surface area contributed by atoms with Gasteiger partial charge in [0, 0.05) is 19.1 Å².